The number of carbonyl (C=O) groups excluding carboxylic acids is 1. The number of nitrogens with zero attached hydrogens (tertiary/aromatic N) is 2. The van der Waals surface area contributed by atoms with E-state index < -0.39 is 11.1 Å². The SMILES string of the molecule is CC(=O)NC(Cl)C1(O)CCN(c2ccc(OC3CCN(C(C)C)CC3)cc2)CC1. The molecular weight excluding hydrogens is 390 g/mol. The lowest BCUT2D eigenvalue weighted by Gasteiger charge is -2.41. The lowest BCUT2D eigenvalue weighted by molar-refractivity contribution is -0.121. The van der Waals surface area contributed by atoms with Gasteiger partial charge in [-0.3, -0.25) is 4.79 Å². The summed E-state index contributed by atoms with van der Waals surface area (Å²) in [5, 5.41) is 13.3. The highest BCUT2D eigenvalue weighted by Crippen LogP contribution is 2.31. The first-order chi connectivity index (χ1) is 13.8. The average molecular weight is 424 g/mol. The minimum Gasteiger partial charge on any atom is -0.490 e. The third kappa shape index (κ3) is 5.77. The van der Waals surface area contributed by atoms with Crippen LogP contribution in [-0.4, -0.2) is 65.3 Å². The van der Waals surface area contributed by atoms with Crippen LogP contribution in [-0.2, 0) is 4.79 Å². The number of piperidine rings is 2. The van der Waals surface area contributed by atoms with Gasteiger partial charge < -0.3 is 25.0 Å². The Bertz CT molecular complexity index is 666. The number of anilines is 1. The van der Waals surface area contributed by atoms with E-state index in [0.717, 1.165) is 37.4 Å². The topological polar surface area (TPSA) is 65.0 Å². The summed E-state index contributed by atoms with van der Waals surface area (Å²) in [7, 11) is 0. The minimum absolute atomic E-state index is 0.230. The van der Waals surface area contributed by atoms with Crippen LogP contribution in [0.5, 0.6) is 5.75 Å². The monoisotopic (exact) mass is 423 g/mol. The summed E-state index contributed by atoms with van der Waals surface area (Å²) in [5.74, 6) is 0.683. The van der Waals surface area contributed by atoms with Crippen molar-refractivity contribution in [3.8, 4) is 5.75 Å². The van der Waals surface area contributed by atoms with Crippen molar-refractivity contribution in [1.29, 1.82) is 0 Å². The molecule has 0 radical (unpaired) electrons. The van der Waals surface area contributed by atoms with Crippen LogP contribution in [0, 0.1) is 0 Å². The highest BCUT2D eigenvalue weighted by molar-refractivity contribution is 6.22. The number of alkyl halides is 1. The molecule has 1 aromatic rings. The molecule has 1 unspecified atom stereocenters. The van der Waals surface area contributed by atoms with E-state index in [9.17, 15) is 9.90 Å². The third-order valence-electron chi connectivity index (χ3n) is 6.14. The van der Waals surface area contributed by atoms with Crippen molar-refractivity contribution in [1.82, 2.24) is 10.2 Å². The molecule has 2 aliphatic heterocycles. The fourth-order valence-electron chi connectivity index (χ4n) is 4.16. The highest BCUT2D eigenvalue weighted by atomic mass is 35.5. The Kier molecular flexibility index (Phi) is 7.30. The number of likely N-dealkylation sites (tertiary alicyclic amines) is 1. The quantitative estimate of drug-likeness (QED) is 0.544. The van der Waals surface area contributed by atoms with Gasteiger partial charge in [0.05, 0.1) is 0 Å². The molecule has 7 heteroatoms. The maximum Gasteiger partial charge on any atom is 0.218 e. The summed E-state index contributed by atoms with van der Waals surface area (Å²) in [6.45, 7) is 9.46. The number of aliphatic hydroxyl groups is 1. The molecule has 2 N–H and O–H groups in total. The summed E-state index contributed by atoms with van der Waals surface area (Å²) in [6, 6.07) is 8.83. The Hall–Kier alpha value is -1.50. The number of rotatable bonds is 6. The Morgan fingerprint density at radius 3 is 2.28 bits per heavy atom. The predicted octanol–water partition coefficient (Wildman–Crippen LogP) is 2.97. The van der Waals surface area contributed by atoms with E-state index in [2.05, 4.69) is 41.1 Å². The van der Waals surface area contributed by atoms with Crippen LogP contribution in [0.4, 0.5) is 5.69 Å². The molecule has 0 aliphatic carbocycles. The largest absolute Gasteiger partial charge is 0.490 e. The lowest BCUT2D eigenvalue weighted by Crippen LogP contribution is -2.55. The highest BCUT2D eigenvalue weighted by Gasteiger charge is 2.39. The zero-order valence-electron chi connectivity index (χ0n) is 17.7. The van der Waals surface area contributed by atoms with E-state index in [1.807, 2.05) is 12.1 Å². The number of benzene rings is 1. The average Bonchev–Trinajstić information content (AvgIpc) is 2.69. The van der Waals surface area contributed by atoms with Gasteiger partial charge in [0, 0.05) is 44.8 Å². The van der Waals surface area contributed by atoms with Gasteiger partial charge in [-0.2, -0.15) is 0 Å². The first kappa shape index (κ1) is 22.2. The summed E-state index contributed by atoms with van der Waals surface area (Å²) in [5.41, 5.74) is -0.725. The van der Waals surface area contributed by atoms with E-state index in [1.54, 1.807) is 0 Å². The van der Waals surface area contributed by atoms with Crippen LogP contribution in [0.2, 0.25) is 0 Å². The Morgan fingerprint density at radius 2 is 1.76 bits per heavy atom. The molecule has 0 aromatic heterocycles. The number of halogens is 1. The van der Waals surface area contributed by atoms with Crippen LogP contribution in [0.25, 0.3) is 0 Å². The molecule has 2 aliphatic rings. The van der Waals surface area contributed by atoms with E-state index in [1.165, 1.54) is 6.92 Å². The van der Waals surface area contributed by atoms with Crippen molar-refractivity contribution in [2.75, 3.05) is 31.1 Å². The molecule has 1 aromatic carbocycles. The van der Waals surface area contributed by atoms with Crippen molar-refractivity contribution in [2.45, 2.75) is 69.7 Å². The third-order valence-corrected chi connectivity index (χ3v) is 6.66. The molecule has 1 amide bonds. The molecule has 29 heavy (non-hydrogen) atoms. The van der Waals surface area contributed by atoms with Crippen LogP contribution < -0.4 is 15.0 Å². The molecule has 0 saturated carbocycles. The van der Waals surface area contributed by atoms with Gasteiger partial charge in [-0.05, 0) is 63.8 Å². The molecule has 2 heterocycles. The molecule has 3 rings (SSSR count). The van der Waals surface area contributed by atoms with Gasteiger partial charge in [0.1, 0.15) is 23.0 Å². The summed E-state index contributed by atoms with van der Waals surface area (Å²) < 4.78 is 6.18. The molecule has 2 fully saturated rings. The Balaban J connectivity index is 1.49. The molecule has 0 bridgehead atoms. The van der Waals surface area contributed by atoms with Crippen molar-refractivity contribution < 1.29 is 14.6 Å². The zero-order valence-corrected chi connectivity index (χ0v) is 18.5. The van der Waals surface area contributed by atoms with Gasteiger partial charge >= 0.3 is 0 Å². The van der Waals surface area contributed by atoms with Crippen molar-refractivity contribution in [3.05, 3.63) is 24.3 Å². The van der Waals surface area contributed by atoms with Gasteiger partial charge in [-0.15, -0.1) is 0 Å². The molecule has 2 saturated heterocycles. The number of hydrogen-bond acceptors (Lipinski definition) is 5. The van der Waals surface area contributed by atoms with Crippen LogP contribution in [0.1, 0.15) is 46.5 Å². The number of nitrogens with one attached hydrogen (secondary N) is 1. The van der Waals surface area contributed by atoms with E-state index in [4.69, 9.17) is 16.3 Å². The predicted molar refractivity (Wildman–Crippen MR) is 117 cm³/mol. The van der Waals surface area contributed by atoms with Gasteiger partial charge in [0.15, 0.2) is 0 Å². The standard InChI is InChI=1S/C22H34ClN3O3/c1-16(2)25-12-8-20(9-13-25)29-19-6-4-18(5-7-19)26-14-10-22(28,11-15-26)21(23)24-17(3)27/h4-7,16,20-21,28H,8-15H2,1-3H3,(H,24,27). The molecular formula is C22H34ClN3O3. The minimum atomic E-state index is -1.07. The molecule has 0 spiro atoms. The van der Waals surface area contributed by atoms with Crippen molar-refractivity contribution >= 4 is 23.2 Å². The fraction of sp³-hybridized carbons (Fsp3) is 0.682. The molecule has 162 valence electrons. The normalized spacial score (nSPS) is 21.8. The maximum absolute atomic E-state index is 11.2. The van der Waals surface area contributed by atoms with Gasteiger partial charge in [0.25, 0.3) is 0 Å². The number of carbonyl (C=O) groups is 1. The second-order valence-corrected chi connectivity index (χ2v) is 9.03. The van der Waals surface area contributed by atoms with Gasteiger partial charge in [-0.25, -0.2) is 0 Å². The Labute approximate surface area is 179 Å². The number of amides is 1. The van der Waals surface area contributed by atoms with Crippen LogP contribution in [0.15, 0.2) is 24.3 Å². The molecule has 6 nitrogen and oxygen atoms in total. The van der Waals surface area contributed by atoms with E-state index in [-0.39, 0.29) is 12.0 Å². The smallest absolute Gasteiger partial charge is 0.218 e. The number of hydrogen-bond donors (Lipinski definition) is 2. The van der Waals surface area contributed by atoms with E-state index in [0.29, 0.717) is 32.0 Å². The van der Waals surface area contributed by atoms with Crippen LogP contribution >= 0.6 is 11.6 Å². The second-order valence-electron chi connectivity index (χ2n) is 8.59. The maximum atomic E-state index is 11.2. The zero-order chi connectivity index (χ0) is 21.0. The molecule has 1 atom stereocenters. The second kappa shape index (κ2) is 9.54. The summed E-state index contributed by atoms with van der Waals surface area (Å²) >= 11 is 6.21. The first-order valence-corrected chi connectivity index (χ1v) is 11.1. The van der Waals surface area contributed by atoms with Gasteiger partial charge in [-0.1, -0.05) is 11.6 Å². The van der Waals surface area contributed by atoms with Crippen molar-refractivity contribution in [3.63, 3.8) is 0 Å². The number of ether oxygens (including phenoxy) is 1. The lowest BCUT2D eigenvalue weighted by atomic mass is 9.90. The summed E-state index contributed by atoms with van der Waals surface area (Å²) in [4.78, 5) is 15.9. The van der Waals surface area contributed by atoms with E-state index >= 15 is 0 Å². The Morgan fingerprint density at radius 1 is 1.17 bits per heavy atom. The van der Waals surface area contributed by atoms with Crippen LogP contribution in [0.3, 0.4) is 0 Å². The summed E-state index contributed by atoms with van der Waals surface area (Å²) in [6.07, 6.45) is 3.44. The fourth-order valence-corrected chi connectivity index (χ4v) is 4.53. The van der Waals surface area contributed by atoms with Crippen molar-refractivity contribution in [2.24, 2.45) is 0 Å². The van der Waals surface area contributed by atoms with Gasteiger partial charge in [0.2, 0.25) is 5.91 Å². The first-order valence-electron chi connectivity index (χ1n) is 10.7.